The fourth-order valence-corrected chi connectivity index (χ4v) is 3.70. The zero-order valence-corrected chi connectivity index (χ0v) is 15.5. The molecule has 0 bridgehead atoms. The summed E-state index contributed by atoms with van der Waals surface area (Å²) < 4.78 is 0. The van der Waals surface area contributed by atoms with Gasteiger partial charge in [-0.15, -0.1) is 0 Å². The third kappa shape index (κ3) is 6.20. The van der Waals surface area contributed by atoms with E-state index in [-0.39, 0.29) is 18.1 Å². The number of hydrogen-bond acceptors (Lipinski definition) is 4. The van der Waals surface area contributed by atoms with Gasteiger partial charge in [0.25, 0.3) is 0 Å². The first-order valence-corrected chi connectivity index (χ1v) is 9.32. The summed E-state index contributed by atoms with van der Waals surface area (Å²) in [4.78, 5) is 18.4. The number of anilines is 1. The molecule has 25 heavy (non-hydrogen) atoms. The van der Waals surface area contributed by atoms with Crippen LogP contribution in [-0.4, -0.2) is 53.8 Å². The largest absolute Gasteiger partial charge is 0.396 e. The molecule has 1 saturated heterocycles. The maximum Gasteiger partial charge on any atom is 0.317 e. The van der Waals surface area contributed by atoms with E-state index in [9.17, 15) is 9.90 Å². The molecule has 2 amide bonds. The number of aliphatic hydroxyl groups excluding tert-OH is 1. The summed E-state index contributed by atoms with van der Waals surface area (Å²) >= 11 is 0. The summed E-state index contributed by atoms with van der Waals surface area (Å²) in [6, 6.07) is 3.86. The van der Waals surface area contributed by atoms with E-state index in [0.29, 0.717) is 19.0 Å². The van der Waals surface area contributed by atoms with Crippen molar-refractivity contribution in [2.75, 3.05) is 38.1 Å². The number of carbonyl (C=O) groups is 1. The van der Waals surface area contributed by atoms with E-state index in [2.05, 4.69) is 29.5 Å². The Morgan fingerprint density at radius 1 is 1.44 bits per heavy atom. The Balaban J connectivity index is 1.71. The van der Waals surface area contributed by atoms with Gasteiger partial charge in [-0.2, -0.15) is 0 Å². The highest BCUT2D eigenvalue weighted by Gasteiger charge is 2.37. The minimum absolute atomic E-state index is 0.0114. The monoisotopic (exact) mass is 348 g/mol. The number of likely N-dealkylation sites (tertiary alicyclic amines) is 1. The molecule has 0 aromatic carbocycles. The van der Waals surface area contributed by atoms with Gasteiger partial charge in [0.05, 0.1) is 12.3 Å². The van der Waals surface area contributed by atoms with Crippen molar-refractivity contribution in [2.45, 2.75) is 39.5 Å². The number of nitrogens with zero attached hydrogens (tertiary/aromatic N) is 2. The van der Waals surface area contributed by atoms with Crippen molar-refractivity contribution in [1.82, 2.24) is 15.2 Å². The Morgan fingerprint density at radius 2 is 2.28 bits per heavy atom. The van der Waals surface area contributed by atoms with Crippen LogP contribution in [0.25, 0.3) is 0 Å². The Labute approximate surface area is 151 Å². The molecule has 1 atom stereocenters. The van der Waals surface area contributed by atoms with Crippen LogP contribution in [0.2, 0.25) is 0 Å². The molecule has 1 aromatic rings. The number of pyridine rings is 1. The molecule has 3 N–H and O–H groups in total. The highest BCUT2D eigenvalue weighted by molar-refractivity contribution is 5.74. The van der Waals surface area contributed by atoms with Crippen molar-refractivity contribution in [3.8, 4) is 0 Å². The Morgan fingerprint density at radius 3 is 2.96 bits per heavy atom. The van der Waals surface area contributed by atoms with Crippen molar-refractivity contribution >= 4 is 11.7 Å². The van der Waals surface area contributed by atoms with Gasteiger partial charge < -0.3 is 20.6 Å². The first-order chi connectivity index (χ1) is 12.0. The standard InChI is InChI=1S/C19H32N4O2/c1-16(2)12-19(15-24)7-4-11-23(14-19)18(25)22-10-5-9-21-17-6-3-8-20-13-17/h3,6,8,13,16,21,24H,4-5,7,9-12,14-15H2,1-2H3,(H,22,25)/t19-/m0/s1. The lowest BCUT2D eigenvalue weighted by Gasteiger charge is -2.42. The molecule has 0 unspecified atom stereocenters. The van der Waals surface area contributed by atoms with Crippen LogP contribution in [0.3, 0.4) is 0 Å². The average molecular weight is 348 g/mol. The SMILES string of the molecule is CC(C)C[C@@]1(CO)CCCN(C(=O)NCCCNc2cccnc2)C1. The normalized spacial score (nSPS) is 20.6. The maximum atomic E-state index is 12.4. The van der Waals surface area contributed by atoms with Gasteiger partial charge in [-0.05, 0) is 43.7 Å². The summed E-state index contributed by atoms with van der Waals surface area (Å²) in [6.07, 6.45) is 7.31. The van der Waals surface area contributed by atoms with Gasteiger partial charge in [0.2, 0.25) is 0 Å². The molecule has 1 aromatic heterocycles. The molecule has 1 fully saturated rings. The van der Waals surface area contributed by atoms with Gasteiger partial charge in [0, 0.05) is 44.0 Å². The summed E-state index contributed by atoms with van der Waals surface area (Å²) in [5, 5.41) is 16.2. The van der Waals surface area contributed by atoms with Gasteiger partial charge in [0.15, 0.2) is 0 Å². The van der Waals surface area contributed by atoms with E-state index in [1.165, 1.54) is 0 Å². The van der Waals surface area contributed by atoms with Crippen molar-refractivity contribution in [2.24, 2.45) is 11.3 Å². The lowest BCUT2D eigenvalue weighted by Crippen LogP contribution is -2.51. The van der Waals surface area contributed by atoms with Crippen LogP contribution in [0.15, 0.2) is 24.5 Å². The number of aromatic nitrogens is 1. The molecule has 140 valence electrons. The quantitative estimate of drug-likeness (QED) is 0.631. The molecule has 0 aliphatic carbocycles. The van der Waals surface area contributed by atoms with E-state index in [1.54, 1.807) is 12.4 Å². The summed E-state index contributed by atoms with van der Waals surface area (Å²) in [6.45, 7) is 7.36. The summed E-state index contributed by atoms with van der Waals surface area (Å²) in [5.41, 5.74) is 0.859. The molecular formula is C19H32N4O2. The fraction of sp³-hybridized carbons (Fsp3) is 0.684. The van der Waals surface area contributed by atoms with Crippen molar-refractivity contribution in [3.05, 3.63) is 24.5 Å². The number of hydrogen-bond donors (Lipinski definition) is 3. The van der Waals surface area contributed by atoms with Crippen LogP contribution < -0.4 is 10.6 Å². The second-order valence-corrected chi connectivity index (χ2v) is 7.54. The summed E-state index contributed by atoms with van der Waals surface area (Å²) in [7, 11) is 0. The number of aliphatic hydroxyl groups is 1. The number of nitrogens with one attached hydrogen (secondary N) is 2. The van der Waals surface area contributed by atoms with Crippen molar-refractivity contribution in [3.63, 3.8) is 0 Å². The Bertz CT molecular complexity index is 523. The zero-order chi connectivity index (χ0) is 18.1. The van der Waals surface area contributed by atoms with Crippen LogP contribution in [0, 0.1) is 11.3 Å². The van der Waals surface area contributed by atoms with E-state index >= 15 is 0 Å². The van der Waals surface area contributed by atoms with Gasteiger partial charge in [-0.1, -0.05) is 13.8 Å². The molecule has 1 aliphatic rings. The van der Waals surface area contributed by atoms with Crippen LogP contribution in [0.4, 0.5) is 10.5 Å². The highest BCUT2D eigenvalue weighted by Crippen LogP contribution is 2.35. The molecular weight excluding hydrogens is 316 g/mol. The molecule has 0 radical (unpaired) electrons. The first-order valence-electron chi connectivity index (χ1n) is 9.32. The molecule has 6 heteroatoms. The van der Waals surface area contributed by atoms with Gasteiger partial charge in [-0.3, -0.25) is 4.98 Å². The molecule has 2 rings (SSSR count). The first kappa shape index (κ1) is 19.5. The van der Waals surface area contributed by atoms with Crippen LogP contribution in [-0.2, 0) is 0 Å². The van der Waals surface area contributed by atoms with Gasteiger partial charge in [0.1, 0.15) is 0 Å². The third-order valence-corrected chi connectivity index (χ3v) is 4.75. The zero-order valence-electron chi connectivity index (χ0n) is 15.5. The fourth-order valence-electron chi connectivity index (χ4n) is 3.70. The minimum atomic E-state index is -0.133. The lowest BCUT2D eigenvalue weighted by molar-refractivity contribution is 0.0306. The predicted molar refractivity (Wildman–Crippen MR) is 101 cm³/mol. The summed E-state index contributed by atoms with van der Waals surface area (Å²) in [5.74, 6) is 0.522. The van der Waals surface area contributed by atoms with Crippen molar-refractivity contribution < 1.29 is 9.90 Å². The van der Waals surface area contributed by atoms with Gasteiger partial charge >= 0.3 is 6.03 Å². The predicted octanol–water partition coefficient (Wildman–Crippen LogP) is 2.71. The van der Waals surface area contributed by atoms with E-state index < -0.39 is 0 Å². The van der Waals surface area contributed by atoms with Crippen LogP contribution in [0.5, 0.6) is 0 Å². The number of piperidine rings is 1. The minimum Gasteiger partial charge on any atom is -0.396 e. The number of urea groups is 1. The molecule has 0 saturated carbocycles. The maximum absolute atomic E-state index is 12.4. The van der Waals surface area contributed by atoms with E-state index in [0.717, 1.165) is 44.5 Å². The Hall–Kier alpha value is -1.82. The van der Waals surface area contributed by atoms with E-state index in [4.69, 9.17) is 0 Å². The molecule has 2 heterocycles. The topological polar surface area (TPSA) is 77.5 Å². The molecule has 1 aliphatic heterocycles. The van der Waals surface area contributed by atoms with Crippen LogP contribution in [0.1, 0.15) is 39.5 Å². The third-order valence-electron chi connectivity index (χ3n) is 4.75. The number of carbonyl (C=O) groups excluding carboxylic acids is 1. The van der Waals surface area contributed by atoms with Crippen LogP contribution >= 0.6 is 0 Å². The molecule has 6 nitrogen and oxygen atoms in total. The van der Waals surface area contributed by atoms with E-state index in [1.807, 2.05) is 17.0 Å². The number of rotatable bonds is 8. The second kappa shape index (κ2) is 9.61. The molecule has 0 spiro atoms. The number of amides is 2. The Kier molecular flexibility index (Phi) is 7.50. The smallest absolute Gasteiger partial charge is 0.317 e. The van der Waals surface area contributed by atoms with Gasteiger partial charge in [-0.25, -0.2) is 4.79 Å². The highest BCUT2D eigenvalue weighted by atomic mass is 16.3. The van der Waals surface area contributed by atoms with Crippen molar-refractivity contribution in [1.29, 1.82) is 0 Å². The average Bonchev–Trinajstić information content (AvgIpc) is 2.61. The lowest BCUT2D eigenvalue weighted by atomic mass is 9.74. The second-order valence-electron chi connectivity index (χ2n) is 7.54.